The van der Waals surface area contributed by atoms with Crippen LogP contribution in [-0.2, 0) is 0 Å². The number of hydrogen-bond donors (Lipinski definition) is 2. The lowest BCUT2D eigenvalue weighted by molar-refractivity contribution is 0.222. The SMILES string of the molecule is CNc1nc(NCC2CCCCS2)nc(OC(C)C)n1. The summed E-state index contributed by atoms with van der Waals surface area (Å²) in [6.07, 6.45) is 3.96. The largest absolute Gasteiger partial charge is 0.461 e. The van der Waals surface area contributed by atoms with Gasteiger partial charge in [-0.25, -0.2) is 0 Å². The maximum atomic E-state index is 5.54. The Kier molecular flexibility index (Phi) is 5.70. The molecule has 0 bridgehead atoms. The molecule has 0 amide bonds. The Morgan fingerprint density at radius 2 is 2.05 bits per heavy atom. The van der Waals surface area contributed by atoms with Gasteiger partial charge in [-0.3, -0.25) is 0 Å². The molecule has 1 aromatic heterocycles. The lowest BCUT2D eigenvalue weighted by atomic mass is 10.2. The number of ether oxygens (including phenoxy) is 1. The van der Waals surface area contributed by atoms with Crippen LogP contribution in [0.25, 0.3) is 0 Å². The fraction of sp³-hybridized carbons (Fsp3) is 0.769. The van der Waals surface area contributed by atoms with Crippen molar-refractivity contribution >= 4 is 23.7 Å². The highest BCUT2D eigenvalue weighted by Gasteiger charge is 2.15. The Morgan fingerprint density at radius 3 is 2.70 bits per heavy atom. The number of nitrogens with zero attached hydrogens (tertiary/aromatic N) is 3. The number of aromatic nitrogens is 3. The first-order valence-corrected chi connectivity index (χ1v) is 8.18. The van der Waals surface area contributed by atoms with E-state index in [1.165, 1.54) is 25.0 Å². The van der Waals surface area contributed by atoms with Crippen LogP contribution in [0.1, 0.15) is 33.1 Å². The Morgan fingerprint density at radius 1 is 1.25 bits per heavy atom. The van der Waals surface area contributed by atoms with Gasteiger partial charge >= 0.3 is 6.01 Å². The Balaban J connectivity index is 1.98. The summed E-state index contributed by atoms with van der Waals surface area (Å²) in [6.45, 7) is 4.79. The lowest BCUT2D eigenvalue weighted by Gasteiger charge is -2.21. The minimum Gasteiger partial charge on any atom is -0.461 e. The standard InChI is InChI=1S/C13H23N5OS/c1-9(2)19-13-17-11(14-3)16-12(18-13)15-8-10-6-4-5-7-20-10/h9-10H,4-8H2,1-3H3,(H2,14,15,16,17,18). The molecular formula is C13H23N5OS. The van der Waals surface area contributed by atoms with Gasteiger partial charge in [0.15, 0.2) is 0 Å². The third kappa shape index (κ3) is 4.70. The van der Waals surface area contributed by atoms with Crippen LogP contribution in [0.5, 0.6) is 6.01 Å². The van der Waals surface area contributed by atoms with Crippen molar-refractivity contribution in [2.75, 3.05) is 30.0 Å². The van der Waals surface area contributed by atoms with Crippen LogP contribution in [0.15, 0.2) is 0 Å². The molecule has 1 aliphatic rings. The van der Waals surface area contributed by atoms with E-state index >= 15 is 0 Å². The van der Waals surface area contributed by atoms with Crippen molar-refractivity contribution in [2.24, 2.45) is 0 Å². The summed E-state index contributed by atoms with van der Waals surface area (Å²) >= 11 is 2.03. The number of hydrogen-bond acceptors (Lipinski definition) is 7. The van der Waals surface area contributed by atoms with Crippen molar-refractivity contribution in [1.82, 2.24) is 15.0 Å². The van der Waals surface area contributed by atoms with Crippen LogP contribution >= 0.6 is 11.8 Å². The predicted octanol–water partition coefficient (Wildman–Crippen LogP) is 2.40. The van der Waals surface area contributed by atoms with E-state index < -0.39 is 0 Å². The van der Waals surface area contributed by atoms with Crippen molar-refractivity contribution in [3.05, 3.63) is 0 Å². The number of rotatable bonds is 6. The first-order valence-electron chi connectivity index (χ1n) is 7.13. The molecule has 1 aliphatic heterocycles. The van der Waals surface area contributed by atoms with Crippen LogP contribution in [-0.4, -0.2) is 45.7 Å². The Labute approximate surface area is 124 Å². The monoisotopic (exact) mass is 297 g/mol. The fourth-order valence-corrected chi connectivity index (χ4v) is 3.22. The molecule has 1 saturated heterocycles. The van der Waals surface area contributed by atoms with Crippen LogP contribution in [0.4, 0.5) is 11.9 Å². The minimum atomic E-state index is 0.0452. The maximum absolute atomic E-state index is 5.54. The molecule has 6 nitrogen and oxygen atoms in total. The average molecular weight is 297 g/mol. The van der Waals surface area contributed by atoms with E-state index in [1.807, 2.05) is 25.6 Å². The highest BCUT2D eigenvalue weighted by molar-refractivity contribution is 7.99. The quantitative estimate of drug-likeness (QED) is 0.835. The number of anilines is 2. The third-order valence-electron chi connectivity index (χ3n) is 2.94. The van der Waals surface area contributed by atoms with Crippen molar-refractivity contribution in [2.45, 2.75) is 44.5 Å². The van der Waals surface area contributed by atoms with Gasteiger partial charge in [-0.15, -0.1) is 0 Å². The van der Waals surface area contributed by atoms with Gasteiger partial charge in [0.05, 0.1) is 6.10 Å². The van der Waals surface area contributed by atoms with Gasteiger partial charge in [-0.2, -0.15) is 26.7 Å². The van der Waals surface area contributed by atoms with Crippen LogP contribution in [0.3, 0.4) is 0 Å². The topological polar surface area (TPSA) is 72.0 Å². The smallest absolute Gasteiger partial charge is 0.323 e. The summed E-state index contributed by atoms with van der Waals surface area (Å²) in [5, 5.41) is 6.88. The lowest BCUT2D eigenvalue weighted by Crippen LogP contribution is -2.21. The van der Waals surface area contributed by atoms with Gasteiger partial charge in [-0.05, 0) is 32.4 Å². The maximum Gasteiger partial charge on any atom is 0.323 e. The molecule has 0 saturated carbocycles. The Bertz CT molecular complexity index is 423. The van der Waals surface area contributed by atoms with Crippen molar-refractivity contribution < 1.29 is 4.74 Å². The van der Waals surface area contributed by atoms with Crippen molar-refractivity contribution in [1.29, 1.82) is 0 Å². The average Bonchev–Trinajstić information content (AvgIpc) is 2.45. The Hall–Kier alpha value is -1.24. The molecule has 1 fully saturated rings. The zero-order chi connectivity index (χ0) is 14.4. The molecule has 2 heterocycles. The molecule has 2 rings (SSSR count). The molecule has 1 aromatic rings. The fourth-order valence-electron chi connectivity index (χ4n) is 1.98. The van der Waals surface area contributed by atoms with Crippen LogP contribution in [0, 0.1) is 0 Å². The normalized spacial score (nSPS) is 18.9. The summed E-state index contributed by atoms with van der Waals surface area (Å²) in [5.74, 6) is 2.35. The molecule has 0 spiro atoms. The van der Waals surface area contributed by atoms with E-state index in [4.69, 9.17) is 4.74 Å². The second-order valence-corrected chi connectivity index (χ2v) is 6.46. The van der Waals surface area contributed by atoms with E-state index in [-0.39, 0.29) is 6.10 Å². The summed E-state index contributed by atoms with van der Waals surface area (Å²) in [6, 6.07) is 0.359. The summed E-state index contributed by atoms with van der Waals surface area (Å²) in [7, 11) is 1.79. The van der Waals surface area contributed by atoms with E-state index in [0.29, 0.717) is 23.2 Å². The third-order valence-corrected chi connectivity index (χ3v) is 4.34. The van der Waals surface area contributed by atoms with E-state index in [0.717, 1.165) is 6.54 Å². The second-order valence-electron chi connectivity index (χ2n) is 5.05. The number of nitrogens with one attached hydrogen (secondary N) is 2. The summed E-state index contributed by atoms with van der Waals surface area (Å²) < 4.78 is 5.54. The molecule has 0 radical (unpaired) electrons. The molecule has 1 unspecified atom stereocenters. The highest BCUT2D eigenvalue weighted by Crippen LogP contribution is 2.25. The number of thioether (sulfide) groups is 1. The highest BCUT2D eigenvalue weighted by atomic mass is 32.2. The molecule has 112 valence electrons. The van der Waals surface area contributed by atoms with Crippen molar-refractivity contribution in [3.8, 4) is 6.01 Å². The van der Waals surface area contributed by atoms with E-state index in [9.17, 15) is 0 Å². The van der Waals surface area contributed by atoms with E-state index in [1.54, 1.807) is 7.05 Å². The van der Waals surface area contributed by atoms with Crippen molar-refractivity contribution in [3.63, 3.8) is 0 Å². The zero-order valence-corrected chi connectivity index (χ0v) is 13.2. The van der Waals surface area contributed by atoms with E-state index in [2.05, 4.69) is 25.6 Å². The molecular weight excluding hydrogens is 274 g/mol. The minimum absolute atomic E-state index is 0.0452. The zero-order valence-electron chi connectivity index (χ0n) is 12.3. The van der Waals surface area contributed by atoms with Gasteiger partial charge in [0.2, 0.25) is 11.9 Å². The predicted molar refractivity (Wildman–Crippen MR) is 83.7 cm³/mol. The van der Waals surface area contributed by atoms with Gasteiger partial charge in [0.25, 0.3) is 0 Å². The molecule has 7 heteroatoms. The molecule has 0 aromatic carbocycles. The van der Waals surface area contributed by atoms with Gasteiger partial charge in [-0.1, -0.05) is 6.42 Å². The first-order chi connectivity index (χ1) is 9.67. The first kappa shape index (κ1) is 15.2. The van der Waals surface area contributed by atoms with Crippen LogP contribution in [0.2, 0.25) is 0 Å². The molecule has 2 N–H and O–H groups in total. The van der Waals surface area contributed by atoms with Gasteiger partial charge < -0.3 is 15.4 Å². The molecule has 0 aliphatic carbocycles. The summed E-state index contributed by atoms with van der Waals surface area (Å²) in [4.78, 5) is 12.8. The van der Waals surface area contributed by atoms with Gasteiger partial charge in [0.1, 0.15) is 0 Å². The summed E-state index contributed by atoms with van der Waals surface area (Å²) in [5.41, 5.74) is 0. The molecule has 1 atom stereocenters. The molecule has 20 heavy (non-hydrogen) atoms. The second kappa shape index (κ2) is 7.52. The van der Waals surface area contributed by atoms with Crippen LogP contribution < -0.4 is 15.4 Å². The van der Waals surface area contributed by atoms with Gasteiger partial charge in [0, 0.05) is 18.8 Å².